The van der Waals surface area contributed by atoms with Crippen LogP contribution in [0.5, 0.6) is 0 Å². The topological polar surface area (TPSA) is 24.7 Å². The van der Waals surface area contributed by atoms with E-state index < -0.39 is 0 Å². The predicted octanol–water partition coefficient (Wildman–Crippen LogP) is 3.43. The van der Waals surface area contributed by atoms with Gasteiger partial charge >= 0.3 is 0 Å². The van der Waals surface area contributed by atoms with E-state index in [1.807, 2.05) is 25.2 Å². The van der Waals surface area contributed by atoms with E-state index in [9.17, 15) is 0 Å². The molecular formula is C13H20N2. The van der Waals surface area contributed by atoms with E-state index in [1.54, 1.807) is 19.5 Å². The maximum Gasteiger partial charge on any atom is 0.0661 e. The Kier molecular flexibility index (Phi) is 7.16. The summed E-state index contributed by atoms with van der Waals surface area (Å²) in [5.74, 6) is 0.415. The summed E-state index contributed by atoms with van der Waals surface area (Å²) in [5.41, 5.74) is 2.11. The molecule has 0 bridgehead atoms. The van der Waals surface area contributed by atoms with Crippen molar-refractivity contribution < 1.29 is 0 Å². The second kappa shape index (κ2) is 7.92. The lowest BCUT2D eigenvalue weighted by molar-refractivity contribution is 0.805. The molecule has 2 heteroatoms. The quantitative estimate of drug-likeness (QED) is 0.613. The van der Waals surface area contributed by atoms with Crippen LogP contribution in [0.15, 0.2) is 46.6 Å². The number of allylic oxidation sites excluding steroid dienone is 4. The van der Waals surface area contributed by atoms with Gasteiger partial charge < -0.3 is 0 Å². The number of hydrogen-bond acceptors (Lipinski definition) is 2. The molecule has 0 fully saturated rings. The van der Waals surface area contributed by atoms with Crippen LogP contribution < -0.4 is 0 Å². The third kappa shape index (κ3) is 5.11. The van der Waals surface area contributed by atoms with Gasteiger partial charge in [0.15, 0.2) is 0 Å². The molecule has 82 valence electrons. The van der Waals surface area contributed by atoms with Crippen molar-refractivity contribution in [2.24, 2.45) is 15.9 Å². The molecule has 0 amide bonds. The molecule has 0 aliphatic heterocycles. The Labute approximate surface area is 92.8 Å². The maximum absolute atomic E-state index is 4.25. The summed E-state index contributed by atoms with van der Waals surface area (Å²) in [7, 11) is 1.76. The van der Waals surface area contributed by atoms with Gasteiger partial charge in [0.05, 0.1) is 5.71 Å². The van der Waals surface area contributed by atoms with Crippen molar-refractivity contribution in [3.8, 4) is 0 Å². The number of hydrogen-bond donors (Lipinski definition) is 0. The van der Waals surface area contributed by atoms with Gasteiger partial charge in [-0.15, -0.1) is 0 Å². The predicted molar refractivity (Wildman–Crippen MR) is 69.8 cm³/mol. The Morgan fingerprint density at radius 2 is 2.00 bits per heavy atom. The molecule has 0 aromatic carbocycles. The highest BCUT2D eigenvalue weighted by atomic mass is 14.7. The van der Waals surface area contributed by atoms with Crippen molar-refractivity contribution in [3.63, 3.8) is 0 Å². The molecule has 15 heavy (non-hydrogen) atoms. The summed E-state index contributed by atoms with van der Waals surface area (Å²) in [6.07, 6.45) is 9.30. The summed E-state index contributed by atoms with van der Waals surface area (Å²) in [6, 6.07) is 0. The fourth-order valence-electron chi connectivity index (χ4n) is 1.20. The zero-order valence-corrected chi connectivity index (χ0v) is 10.1. The molecule has 0 aliphatic rings. The lowest BCUT2D eigenvalue weighted by atomic mass is 9.97. The number of nitrogens with zero attached hydrogens (tertiary/aromatic N) is 2. The number of aliphatic imine (C=N–C) groups is 2. The third-order valence-electron chi connectivity index (χ3n) is 1.88. The molecule has 0 aromatic heterocycles. The van der Waals surface area contributed by atoms with Crippen LogP contribution in [0.25, 0.3) is 0 Å². The molecule has 0 heterocycles. The van der Waals surface area contributed by atoms with Crippen molar-refractivity contribution in [2.75, 3.05) is 7.05 Å². The molecule has 0 spiro atoms. The van der Waals surface area contributed by atoms with Gasteiger partial charge in [-0.05, 0) is 30.6 Å². The fraction of sp³-hybridized carbons (Fsp3) is 0.385. The number of rotatable bonds is 5. The zero-order chi connectivity index (χ0) is 11.7. The summed E-state index contributed by atoms with van der Waals surface area (Å²) in [6.45, 7) is 9.87. The van der Waals surface area contributed by atoms with Crippen molar-refractivity contribution in [2.45, 2.75) is 20.8 Å². The van der Waals surface area contributed by atoms with E-state index in [0.29, 0.717) is 5.92 Å². The van der Waals surface area contributed by atoms with Crippen LogP contribution in [0.4, 0.5) is 0 Å². The zero-order valence-electron chi connectivity index (χ0n) is 10.1. The van der Waals surface area contributed by atoms with Crippen LogP contribution in [-0.2, 0) is 0 Å². The van der Waals surface area contributed by atoms with E-state index in [4.69, 9.17) is 0 Å². The van der Waals surface area contributed by atoms with Gasteiger partial charge in [-0.3, -0.25) is 9.98 Å². The van der Waals surface area contributed by atoms with Gasteiger partial charge in [-0.1, -0.05) is 26.5 Å². The molecule has 2 nitrogen and oxygen atoms in total. The van der Waals surface area contributed by atoms with Crippen LogP contribution in [0, 0.1) is 5.92 Å². The first kappa shape index (κ1) is 13.6. The smallest absolute Gasteiger partial charge is 0.0661 e. The first-order valence-electron chi connectivity index (χ1n) is 5.11. The molecule has 0 unspecified atom stereocenters. The van der Waals surface area contributed by atoms with Gasteiger partial charge in [0.25, 0.3) is 0 Å². The highest BCUT2D eigenvalue weighted by molar-refractivity contribution is 6.10. The SMILES string of the molecule is C=CN=C(/C=C\C)/C(=C\C=NC)C(C)C. The van der Waals surface area contributed by atoms with Crippen LogP contribution in [0.2, 0.25) is 0 Å². The minimum atomic E-state index is 0.415. The van der Waals surface area contributed by atoms with E-state index in [0.717, 1.165) is 5.71 Å². The average molecular weight is 204 g/mol. The van der Waals surface area contributed by atoms with Crippen molar-refractivity contribution in [3.05, 3.63) is 36.6 Å². The molecule has 0 saturated carbocycles. The maximum atomic E-state index is 4.25. The minimum Gasteiger partial charge on any atom is -0.297 e. The monoisotopic (exact) mass is 204 g/mol. The highest BCUT2D eigenvalue weighted by Crippen LogP contribution is 2.12. The lowest BCUT2D eigenvalue weighted by Gasteiger charge is -2.10. The van der Waals surface area contributed by atoms with Crippen LogP contribution in [0.1, 0.15) is 20.8 Å². The lowest BCUT2D eigenvalue weighted by Crippen LogP contribution is -2.06. The third-order valence-corrected chi connectivity index (χ3v) is 1.88. The fourth-order valence-corrected chi connectivity index (χ4v) is 1.20. The van der Waals surface area contributed by atoms with E-state index >= 15 is 0 Å². The van der Waals surface area contributed by atoms with Crippen LogP contribution >= 0.6 is 0 Å². The highest BCUT2D eigenvalue weighted by Gasteiger charge is 2.06. The Hall–Kier alpha value is -1.44. The Morgan fingerprint density at radius 1 is 1.33 bits per heavy atom. The van der Waals surface area contributed by atoms with Gasteiger partial charge in [-0.25, -0.2) is 0 Å². The summed E-state index contributed by atoms with van der Waals surface area (Å²) in [5, 5.41) is 0. The molecule has 0 atom stereocenters. The van der Waals surface area contributed by atoms with Gasteiger partial charge in [0.1, 0.15) is 0 Å². The van der Waals surface area contributed by atoms with Crippen molar-refractivity contribution >= 4 is 11.9 Å². The molecule has 0 rings (SSSR count). The second-order valence-corrected chi connectivity index (χ2v) is 3.38. The van der Waals surface area contributed by atoms with Crippen molar-refractivity contribution in [1.82, 2.24) is 0 Å². The van der Waals surface area contributed by atoms with Crippen LogP contribution in [0.3, 0.4) is 0 Å². The Morgan fingerprint density at radius 3 is 2.40 bits per heavy atom. The second-order valence-electron chi connectivity index (χ2n) is 3.38. The normalized spacial score (nSPS) is 14.5. The Bertz CT molecular complexity index is 304. The summed E-state index contributed by atoms with van der Waals surface area (Å²) >= 11 is 0. The van der Waals surface area contributed by atoms with Crippen LogP contribution in [-0.4, -0.2) is 19.0 Å². The first-order chi connectivity index (χ1) is 7.17. The molecular weight excluding hydrogens is 184 g/mol. The summed E-state index contributed by atoms with van der Waals surface area (Å²) in [4.78, 5) is 8.21. The molecule has 0 aromatic rings. The standard InChI is InChI=1S/C13H20N2/c1-6-8-13(15-7-2)12(11(3)4)9-10-14-5/h6-11H,2H2,1,3-5H3/b8-6-,12-9-,14-10?,15-13?. The molecule has 0 saturated heterocycles. The average Bonchev–Trinajstić information content (AvgIpc) is 2.18. The van der Waals surface area contributed by atoms with Gasteiger partial charge in [-0.2, -0.15) is 0 Å². The van der Waals surface area contributed by atoms with E-state index in [2.05, 4.69) is 30.4 Å². The molecule has 0 radical (unpaired) electrons. The Balaban J connectivity index is 5.19. The molecule has 0 N–H and O–H groups in total. The van der Waals surface area contributed by atoms with E-state index in [-0.39, 0.29) is 0 Å². The van der Waals surface area contributed by atoms with E-state index in [1.165, 1.54) is 5.57 Å². The van der Waals surface area contributed by atoms with Gasteiger partial charge in [0, 0.05) is 19.5 Å². The first-order valence-corrected chi connectivity index (χ1v) is 5.11. The van der Waals surface area contributed by atoms with Crippen molar-refractivity contribution in [1.29, 1.82) is 0 Å². The largest absolute Gasteiger partial charge is 0.297 e. The summed E-state index contributed by atoms with van der Waals surface area (Å²) < 4.78 is 0. The minimum absolute atomic E-state index is 0.415. The molecule has 0 aliphatic carbocycles. The van der Waals surface area contributed by atoms with Gasteiger partial charge in [0.2, 0.25) is 0 Å².